The van der Waals surface area contributed by atoms with Gasteiger partial charge in [-0.2, -0.15) is 5.10 Å². The highest BCUT2D eigenvalue weighted by atomic mass is 16.5. The molecule has 1 aliphatic rings. The van der Waals surface area contributed by atoms with Crippen molar-refractivity contribution in [3.05, 3.63) is 65.2 Å². The summed E-state index contributed by atoms with van der Waals surface area (Å²) in [6.45, 7) is 1.58. The number of para-hydroxylation sites is 1. The standard InChI is InChI=1S/C20H22N4O4/c1-13-6-8-14(9-7-13)16-10-17(23-22-16)20(27)24-21-11-15-4-2-3-5-18(15)28-12-19(25)26/h2-9,11,16-17,22-23H,10,12H2,1H3,(H,24,27)(H,25,26)/b21-11+. The van der Waals surface area contributed by atoms with Gasteiger partial charge in [0.1, 0.15) is 11.8 Å². The van der Waals surface area contributed by atoms with Crippen LogP contribution in [0.5, 0.6) is 5.75 Å². The van der Waals surface area contributed by atoms with Crippen molar-refractivity contribution < 1.29 is 19.4 Å². The number of carbonyl (C=O) groups excluding carboxylic acids is 1. The van der Waals surface area contributed by atoms with Crippen LogP contribution in [0.1, 0.15) is 29.2 Å². The monoisotopic (exact) mass is 382 g/mol. The normalized spacial score (nSPS) is 18.9. The average Bonchev–Trinajstić information content (AvgIpc) is 3.18. The first-order valence-electron chi connectivity index (χ1n) is 8.87. The van der Waals surface area contributed by atoms with E-state index in [-0.39, 0.29) is 11.9 Å². The molecule has 1 amide bonds. The van der Waals surface area contributed by atoms with Crippen LogP contribution in [0.3, 0.4) is 0 Å². The van der Waals surface area contributed by atoms with Crippen molar-refractivity contribution >= 4 is 18.1 Å². The summed E-state index contributed by atoms with van der Waals surface area (Å²) in [7, 11) is 0. The Bertz CT molecular complexity index is 867. The molecule has 1 saturated heterocycles. The molecule has 8 nitrogen and oxygen atoms in total. The first-order valence-corrected chi connectivity index (χ1v) is 8.87. The Morgan fingerprint density at radius 3 is 2.71 bits per heavy atom. The Balaban J connectivity index is 1.54. The maximum Gasteiger partial charge on any atom is 0.341 e. The van der Waals surface area contributed by atoms with Gasteiger partial charge in [-0.15, -0.1) is 0 Å². The van der Waals surface area contributed by atoms with Crippen molar-refractivity contribution in [1.29, 1.82) is 0 Å². The zero-order chi connectivity index (χ0) is 19.9. The van der Waals surface area contributed by atoms with Crippen LogP contribution in [0, 0.1) is 6.92 Å². The highest BCUT2D eigenvalue weighted by Crippen LogP contribution is 2.22. The second-order valence-electron chi connectivity index (χ2n) is 6.49. The van der Waals surface area contributed by atoms with Crippen molar-refractivity contribution in [3.8, 4) is 5.75 Å². The lowest BCUT2D eigenvalue weighted by Crippen LogP contribution is -2.41. The summed E-state index contributed by atoms with van der Waals surface area (Å²) in [5.74, 6) is -0.951. The van der Waals surface area contributed by atoms with Crippen molar-refractivity contribution in [1.82, 2.24) is 16.3 Å². The second-order valence-corrected chi connectivity index (χ2v) is 6.49. The first kappa shape index (κ1) is 19.5. The van der Waals surface area contributed by atoms with Crippen LogP contribution in [0.2, 0.25) is 0 Å². The molecule has 4 N–H and O–H groups in total. The zero-order valence-corrected chi connectivity index (χ0v) is 15.4. The number of aryl methyl sites for hydroxylation is 1. The SMILES string of the molecule is Cc1ccc(C2CC(C(=O)N/N=C/c3ccccc3OCC(=O)O)NN2)cc1. The summed E-state index contributed by atoms with van der Waals surface area (Å²) in [6, 6.07) is 14.7. The van der Waals surface area contributed by atoms with Crippen molar-refractivity contribution in [3.63, 3.8) is 0 Å². The van der Waals surface area contributed by atoms with Gasteiger partial charge in [-0.05, 0) is 31.0 Å². The number of hydrogen-bond donors (Lipinski definition) is 4. The molecule has 8 heteroatoms. The number of hydrazine groups is 1. The molecule has 2 aromatic rings. The van der Waals surface area contributed by atoms with E-state index >= 15 is 0 Å². The molecule has 0 aliphatic carbocycles. The lowest BCUT2D eigenvalue weighted by Gasteiger charge is -2.09. The largest absolute Gasteiger partial charge is 0.481 e. The first-order chi connectivity index (χ1) is 13.5. The number of aliphatic carboxylic acids is 1. The number of hydrogen-bond acceptors (Lipinski definition) is 6. The Morgan fingerprint density at radius 1 is 1.21 bits per heavy atom. The lowest BCUT2D eigenvalue weighted by atomic mass is 10.0. The van der Waals surface area contributed by atoms with Crippen LogP contribution in [-0.4, -0.2) is 35.8 Å². The number of nitrogens with one attached hydrogen (secondary N) is 3. The number of rotatable bonds is 7. The Kier molecular flexibility index (Phi) is 6.36. The summed E-state index contributed by atoms with van der Waals surface area (Å²) in [5.41, 5.74) is 11.5. The van der Waals surface area contributed by atoms with Gasteiger partial charge in [-0.1, -0.05) is 42.0 Å². The molecule has 0 aromatic heterocycles. The Morgan fingerprint density at radius 2 is 1.96 bits per heavy atom. The minimum atomic E-state index is -1.07. The number of amides is 1. The predicted octanol–water partition coefficient (Wildman–Crippen LogP) is 1.52. The molecule has 1 fully saturated rings. The molecular formula is C20H22N4O4. The van der Waals surface area contributed by atoms with Crippen molar-refractivity contribution in [2.45, 2.75) is 25.4 Å². The Hall–Kier alpha value is -3.23. The third-order valence-corrected chi connectivity index (χ3v) is 4.35. The molecule has 0 radical (unpaired) electrons. The molecule has 1 heterocycles. The van der Waals surface area contributed by atoms with Crippen LogP contribution < -0.4 is 21.0 Å². The maximum absolute atomic E-state index is 12.3. The van der Waals surface area contributed by atoms with Gasteiger partial charge < -0.3 is 9.84 Å². The second kappa shape index (κ2) is 9.12. The molecule has 146 valence electrons. The average molecular weight is 382 g/mol. The summed E-state index contributed by atoms with van der Waals surface area (Å²) in [5, 5.41) is 12.7. The summed E-state index contributed by atoms with van der Waals surface area (Å²) in [6.07, 6.45) is 2.03. The van der Waals surface area contributed by atoms with E-state index in [1.54, 1.807) is 24.3 Å². The van der Waals surface area contributed by atoms with E-state index in [2.05, 4.69) is 21.4 Å². The third kappa shape index (κ3) is 5.15. The minimum Gasteiger partial charge on any atom is -0.481 e. The van der Waals surface area contributed by atoms with E-state index in [0.717, 1.165) is 5.56 Å². The summed E-state index contributed by atoms with van der Waals surface area (Å²) in [4.78, 5) is 23.0. The molecule has 2 aromatic carbocycles. The molecule has 0 saturated carbocycles. The number of carboxylic acids is 1. The number of hydrazone groups is 1. The van der Waals surface area contributed by atoms with E-state index in [4.69, 9.17) is 9.84 Å². The highest BCUT2D eigenvalue weighted by Gasteiger charge is 2.29. The summed E-state index contributed by atoms with van der Waals surface area (Å²) < 4.78 is 5.20. The number of ether oxygens (including phenoxy) is 1. The number of carbonyl (C=O) groups is 2. The van der Waals surface area contributed by atoms with Crippen LogP contribution in [-0.2, 0) is 9.59 Å². The maximum atomic E-state index is 12.3. The molecule has 2 atom stereocenters. The fourth-order valence-electron chi connectivity index (χ4n) is 2.85. The molecule has 0 bridgehead atoms. The summed E-state index contributed by atoms with van der Waals surface area (Å²) >= 11 is 0. The third-order valence-electron chi connectivity index (χ3n) is 4.35. The molecule has 1 aliphatic heterocycles. The smallest absolute Gasteiger partial charge is 0.341 e. The van der Waals surface area contributed by atoms with Crippen molar-refractivity contribution in [2.75, 3.05) is 6.61 Å². The van der Waals surface area contributed by atoms with Gasteiger partial charge in [0, 0.05) is 11.6 Å². The van der Waals surface area contributed by atoms with E-state index < -0.39 is 18.6 Å². The molecule has 2 unspecified atom stereocenters. The van der Waals surface area contributed by atoms with Crippen LogP contribution in [0.25, 0.3) is 0 Å². The topological polar surface area (TPSA) is 112 Å². The minimum absolute atomic E-state index is 0.0467. The van der Waals surface area contributed by atoms with Gasteiger partial charge in [0.05, 0.1) is 6.21 Å². The van der Waals surface area contributed by atoms with Gasteiger partial charge >= 0.3 is 5.97 Å². The fourth-order valence-corrected chi connectivity index (χ4v) is 2.85. The molecule has 3 rings (SSSR count). The predicted molar refractivity (Wildman–Crippen MR) is 104 cm³/mol. The highest BCUT2D eigenvalue weighted by molar-refractivity contribution is 5.87. The molecule has 0 spiro atoms. The van der Waals surface area contributed by atoms with E-state index in [9.17, 15) is 9.59 Å². The molecular weight excluding hydrogens is 360 g/mol. The zero-order valence-electron chi connectivity index (χ0n) is 15.4. The van der Waals surface area contributed by atoms with E-state index in [1.807, 2.05) is 31.2 Å². The number of benzene rings is 2. The van der Waals surface area contributed by atoms with Crippen LogP contribution in [0.4, 0.5) is 0 Å². The van der Waals surface area contributed by atoms with Gasteiger partial charge in [0.2, 0.25) is 0 Å². The van der Waals surface area contributed by atoms with Crippen molar-refractivity contribution in [2.24, 2.45) is 5.10 Å². The van der Waals surface area contributed by atoms with Gasteiger partial charge in [0.25, 0.3) is 5.91 Å². The lowest BCUT2D eigenvalue weighted by molar-refractivity contribution is -0.139. The quantitative estimate of drug-likeness (QED) is 0.427. The van der Waals surface area contributed by atoms with Crippen LogP contribution >= 0.6 is 0 Å². The number of nitrogens with zero attached hydrogens (tertiary/aromatic N) is 1. The molecule has 28 heavy (non-hydrogen) atoms. The van der Waals surface area contributed by atoms with Gasteiger partial charge in [-0.3, -0.25) is 4.79 Å². The van der Waals surface area contributed by atoms with Crippen LogP contribution in [0.15, 0.2) is 53.6 Å². The fraction of sp³-hybridized carbons (Fsp3) is 0.250. The van der Waals surface area contributed by atoms with Gasteiger partial charge in [-0.25, -0.2) is 21.1 Å². The Labute approximate surface area is 162 Å². The van der Waals surface area contributed by atoms with E-state index in [1.165, 1.54) is 11.8 Å². The van der Waals surface area contributed by atoms with E-state index in [0.29, 0.717) is 17.7 Å². The van der Waals surface area contributed by atoms with Gasteiger partial charge in [0.15, 0.2) is 6.61 Å². The number of carboxylic acid groups (broad SMARTS) is 1.